The highest BCUT2D eigenvalue weighted by molar-refractivity contribution is 8.15. The van der Waals surface area contributed by atoms with Gasteiger partial charge in [-0.15, -0.1) is 5.10 Å². The Morgan fingerprint density at radius 1 is 1.35 bits per heavy atom. The van der Waals surface area contributed by atoms with Crippen LogP contribution in [0.3, 0.4) is 0 Å². The second kappa shape index (κ2) is 9.38. The summed E-state index contributed by atoms with van der Waals surface area (Å²) < 4.78 is 5.08. The number of rotatable bonds is 7. The first kappa shape index (κ1) is 20.0. The van der Waals surface area contributed by atoms with Crippen LogP contribution in [0.4, 0.5) is 5.69 Å². The largest absolute Gasteiger partial charge is 0.497 e. The van der Waals surface area contributed by atoms with E-state index in [9.17, 15) is 9.59 Å². The van der Waals surface area contributed by atoms with Crippen molar-refractivity contribution in [2.24, 2.45) is 16.1 Å². The van der Waals surface area contributed by atoms with E-state index in [4.69, 9.17) is 4.74 Å². The van der Waals surface area contributed by atoms with Gasteiger partial charge in [0.15, 0.2) is 5.17 Å². The van der Waals surface area contributed by atoms with Gasteiger partial charge in [-0.1, -0.05) is 25.6 Å². The molecular formula is C18H24N4O3S. The molecule has 0 spiro atoms. The second-order valence-electron chi connectivity index (χ2n) is 6.41. The number of anilines is 1. The van der Waals surface area contributed by atoms with Gasteiger partial charge in [-0.3, -0.25) is 9.59 Å². The van der Waals surface area contributed by atoms with E-state index in [1.165, 1.54) is 11.8 Å². The lowest BCUT2D eigenvalue weighted by Gasteiger charge is -2.08. The Hall–Kier alpha value is -2.35. The fourth-order valence-corrected chi connectivity index (χ4v) is 3.32. The third kappa shape index (κ3) is 6.18. The van der Waals surface area contributed by atoms with Crippen molar-refractivity contribution in [3.05, 3.63) is 24.3 Å². The molecule has 2 N–H and O–H groups in total. The first-order valence-corrected chi connectivity index (χ1v) is 9.28. The lowest BCUT2D eigenvalue weighted by atomic mass is 10.1. The normalized spacial score (nSPS) is 19.0. The van der Waals surface area contributed by atoms with Crippen molar-refractivity contribution in [2.45, 2.75) is 38.9 Å². The first-order chi connectivity index (χ1) is 12.4. The number of hydrogen-bond donors (Lipinski definition) is 2. The van der Waals surface area contributed by atoms with Crippen molar-refractivity contribution in [1.82, 2.24) is 5.32 Å². The van der Waals surface area contributed by atoms with Crippen molar-refractivity contribution in [3.8, 4) is 5.75 Å². The summed E-state index contributed by atoms with van der Waals surface area (Å²) in [5.41, 5.74) is 1.56. The van der Waals surface area contributed by atoms with Crippen LogP contribution in [0.2, 0.25) is 0 Å². The Morgan fingerprint density at radius 3 is 2.65 bits per heavy atom. The molecule has 1 aromatic carbocycles. The third-order valence-electron chi connectivity index (χ3n) is 3.54. The molecule has 26 heavy (non-hydrogen) atoms. The number of thioether (sulfide) groups is 1. The summed E-state index contributed by atoms with van der Waals surface area (Å²) in [6.45, 7) is 6.12. The maximum atomic E-state index is 12.2. The highest BCUT2D eigenvalue weighted by Crippen LogP contribution is 2.23. The number of amidine groups is 1. The van der Waals surface area contributed by atoms with E-state index in [1.807, 2.05) is 6.92 Å². The average Bonchev–Trinajstić information content (AvgIpc) is 2.93. The number of carbonyl (C=O) groups excluding carboxylic acids is 2. The summed E-state index contributed by atoms with van der Waals surface area (Å²) in [4.78, 5) is 24.2. The number of carbonyl (C=O) groups is 2. The molecule has 7 nitrogen and oxygen atoms in total. The van der Waals surface area contributed by atoms with Crippen LogP contribution < -0.4 is 15.4 Å². The smallest absolute Gasteiger partial charge is 0.240 e. The standard InChI is InChI=1S/C18H24N4O3S/c1-11(2)9-12(3)21-22-18-20-17(24)15(26-18)10-16(23)19-13-5-7-14(25-4)8-6-13/h5-8,11,15H,9-10H2,1-4H3,(H,19,23)(H,20,22,24)/b21-12-/t15-/m0/s1. The zero-order valence-corrected chi connectivity index (χ0v) is 16.2. The van der Waals surface area contributed by atoms with E-state index in [2.05, 4.69) is 34.7 Å². The fraction of sp³-hybridized carbons (Fsp3) is 0.444. The third-order valence-corrected chi connectivity index (χ3v) is 4.61. The second-order valence-corrected chi connectivity index (χ2v) is 7.61. The van der Waals surface area contributed by atoms with Crippen LogP contribution in [-0.2, 0) is 9.59 Å². The van der Waals surface area contributed by atoms with Gasteiger partial charge in [0, 0.05) is 17.8 Å². The lowest BCUT2D eigenvalue weighted by Crippen LogP contribution is -2.28. The lowest BCUT2D eigenvalue weighted by molar-refractivity contribution is -0.122. The van der Waals surface area contributed by atoms with Gasteiger partial charge >= 0.3 is 0 Å². The minimum Gasteiger partial charge on any atom is -0.497 e. The molecule has 0 bridgehead atoms. The minimum absolute atomic E-state index is 0.0657. The SMILES string of the molecule is COc1ccc(NC(=O)C[C@@H]2S/C(=N/N=C(/C)CC(C)C)NC2=O)cc1. The molecule has 1 fully saturated rings. The molecule has 0 aliphatic carbocycles. The van der Waals surface area contributed by atoms with Gasteiger partial charge in [-0.05, 0) is 43.5 Å². The topological polar surface area (TPSA) is 92.2 Å². The van der Waals surface area contributed by atoms with Crippen molar-refractivity contribution < 1.29 is 14.3 Å². The first-order valence-electron chi connectivity index (χ1n) is 8.40. The Kier molecular flexibility index (Phi) is 7.20. The molecule has 0 aromatic heterocycles. The molecule has 0 radical (unpaired) electrons. The number of benzene rings is 1. The summed E-state index contributed by atoms with van der Waals surface area (Å²) in [6.07, 6.45) is 0.916. The maximum absolute atomic E-state index is 12.2. The molecule has 2 rings (SSSR count). The Morgan fingerprint density at radius 2 is 2.04 bits per heavy atom. The van der Waals surface area contributed by atoms with Crippen LogP contribution in [0.25, 0.3) is 0 Å². The minimum atomic E-state index is -0.507. The van der Waals surface area contributed by atoms with Crippen molar-refractivity contribution in [1.29, 1.82) is 0 Å². The van der Waals surface area contributed by atoms with Crippen LogP contribution >= 0.6 is 11.8 Å². The van der Waals surface area contributed by atoms with E-state index in [1.54, 1.807) is 31.4 Å². The van der Waals surface area contributed by atoms with Crippen LogP contribution in [0, 0.1) is 5.92 Å². The van der Waals surface area contributed by atoms with Gasteiger partial charge < -0.3 is 15.4 Å². The number of amides is 2. The summed E-state index contributed by atoms with van der Waals surface area (Å²) in [7, 11) is 1.58. The van der Waals surface area contributed by atoms with E-state index >= 15 is 0 Å². The van der Waals surface area contributed by atoms with E-state index in [0.29, 0.717) is 22.5 Å². The van der Waals surface area contributed by atoms with Gasteiger partial charge in [0.25, 0.3) is 0 Å². The van der Waals surface area contributed by atoms with Crippen LogP contribution in [0.15, 0.2) is 34.5 Å². The number of nitrogens with one attached hydrogen (secondary N) is 2. The Labute approximate surface area is 157 Å². The summed E-state index contributed by atoms with van der Waals surface area (Å²) in [5, 5.41) is 13.6. The molecular weight excluding hydrogens is 352 g/mol. The van der Waals surface area contributed by atoms with Gasteiger partial charge in [0.1, 0.15) is 11.0 Å². The number of methoxy groups -OCH3 is 1. The van der Waals surface area contributed by atoms with Crippen LogP contribution in [0.1, 0.15) is 33.6 Å². The van der Waals surface area contributed by atoms with Crippen molar-refractivity contribution in [3.63, 3.8) is 0 Å². The predicted molar refractivity (Wildman–Crippen MR) is 106 cm³/mol. The summed E-state index contributed by atoms with van der Waals surface area (Å²) in [5.74, 6) is 0.751. The quantitative estimate of drug-likeness (QED) is 0.565. The van der Waals surface area contributed by atoms with Gasteiger partial charge in [-0.2, -0.15) is 5.10 Å². The highest BCUT2D eigenvalue weighted by atomic mass is 32.2. The molecule has 2 amide bonds. The number of hydrogen-bond acceptors (Lipinski definition) is 6. The van der Waals surface area contributed by atoms with E-state index in [-0.39, 0.29) is 18.2 Å². The molecule has 0 unspecified atom stereocenters. The zero-order chi connectivity index (χ0) is 19.1. The molecule has 0 saturated carbocycles. The molecule has 1 heterocycles. The molecule has 1 aromatic rings. The van der Waals surface area contributed by atoms with Crippen molar-refractivity contribution >= 4 is 40.1 Å². The van der Waals surface area contributed by atoms with Gasteiger partial charge in [0.05, 0.1) is 7.11 Å². The molecule has 1 saturated heterocycles. The molecule has 1 aliphatic rings. The fourth-order valence-electron chi connectivity index (χ4n) is 2.40. The Bertz CT molecular complexity index is 714. The molecule has 8 heteroatoms. The summed E-state index contributed by atoms with van der Waals surface area (Å²) >= 11 is 1.23. The molecule has 140 valence electrons. The molecule has 1 aliphatic heterocycles. The monoisotopic (exact) mass is 376 g/mol. The van der Waals surface area contributed by atoms with Crippen LogP contribution in [0.5, 0.6) is 5.75 Å². The number of nitrogens with zero attached hydrogens (tertiary/aromatic N) is 2. The van der Waals surface area contributed by atoms with Gasteiger partial charge in [-0.25, -0.2) is 0 Å². The van der Waals surface area contributed by atoms with Crippen molar-refractivity contribution in [2.75, 3.05) is 12.4 Å². The predicted octanol–water partition coefficient (Wildman–Crippen LogP) is 3.03. The summed E-state index contributed by atoms with van der Waals surface area (Å²) in [6, 6.07) is 7.01. The Balaban J connectivity index is 1.89. The average molecular weight is 376 g/mol. The van der Waals surface area contributed by atoms with Gasteiger partial charge in [0.2, 0.25) is 11.8 Å². The van der Waals surface area contributed by atoms with E-state index < -0.39 is 5.25 Å². The maximum Gasteiger partial charge on any atom is 0.240 e. The highest BCUT2D eigenvalue weighted by Gasteiger charge is 2.32. The zero-order valence-electron chi connectivity index (χ0n) is 15.4. The van der Waals surface area contributed by atoms with Crippen LogP contribution in [-0.4, -0.2) is 35.1 Å². The molecule has 1 atom stereocenters. The number of ether oxygens (including phenoxy) is 1. The van der Waals surface area contributed by atoms with E-state index in [0.717, 1.165) is 12.1 Å².